The molecule has 0 fully saturated rings. The van der Waals surface area contributed by atoms with E-state index in [2.05, 4.69) is 0 Å². The van der Waals surface area contributed by atoms with Gasteiger partial charge < -0.3 is 4.74 Å². The van der Waals surface area contributed by atoms with Crippen molar-refractivity contribution < 1.29 is 9.53 Å². The molecule has 0 heterocycles. The summed E-state index contributed by atoms with van der Waals surface area (Å²) in [6.45, 7) is 5.19. The zero-order chi connectivity index (χ0) is 8.15. The minimum atomic E-state index is -0.246. The van der Waals surface area contributed by atoms with Crippen LogP contribution in [0.5, 0.6) is 0 Å². The molecule has 3 heteroatoms. The van der Waals surface area contributed by atoms with E-state index in [1.165, 1.54) is 6.92 Å². The fraction of sp³-hybridized carbons (Fsp3) is 0.857. The summed E-state index contributed by atoms with van der Waals surface area (Å²) in [5.74, 6) is 0.504. The minimum absolute atomic E-state index is 0.0741. The molecule has 0 amide bonds. The molecule has 60 valence electrons. The summed E-state index contributed by atoms with van der Waals surface area (Å²) in [6, 6.07) is 0. The molecule has 0 N–H and O–H groups in total. The maximum absolute atomic E-state index is 10.4. The van der Waals surface area contributed by atoms with Crippen LogP contribution in [0.2, 0.25) is 0 Å². The van der Waals surface area contributed by atoms with Gasteiger partial charge in [0.15, 0.2) is 0 Å². The number of carbonyl (C=O) groups excluding carboxylic acids is 1. The molecule has 0 rings (SSSR count). The van der Waals surface area contributed by atoms with E-state index in [1.54, 1.807) is 0 Å². The fourth-order valence-corrected chi connectivity index (χ4v) is 0.754. The Morgan fingerprint density at radius 1 is 1.60 bits per heavy atom. The van der Waals surface area contributed by atoms with Gasteiger partial charge in [0.2, 0.25) is 0 Å². The second-order valence-electron chi connectivity index (χ2n) is 2.45. The first-order chi connectivity index (χ1) is 4.57. The lowest BCUT2D eigenvalue weighted by Gasteiger charge is -2.16. The SMILES string of the molecule is CC(=O)OC(C)[C@H](C)CCl. The van der Waals surface area contributed by atoms with Gasteiger partial charge in [-0.05, 0) is 6.92 Å². The van der Waals surface area contributed by atoms with Crippen LogP contribution in [0.3, 0.4) is 0 Å². The molecule has 0 aromatic rings. The first-order valence-corrected chi connectivity index (χ1v) is 3.84. The third-order valence-electron chi connectivity index (χ3n) is 1.40. The number of hydrogen-bond acceptors (Lipinski definition) is 2. The number of halogens is 1. The van der Waals surface area contributed by atoms with Crippen molar-refractivity contribution in [2.24, 2.45) is 5.92 Å². The molecule has 0 saturated heterocycles. The lowest BCUT2D eigenvalue weighted by molar-refractivity contribution is -0.147. The van der Waals surface area contributed by atoms with Gasteiger partial charge >= 0.3 is 5.97 Å². The highest BCUT2D eigenvalue weighted by Crippen LogP contribution is 2.08. The predicted molar refractivity (Wildman–Crippen MR) is 41.1 cm³/mol. The Bertz CT molecular complexity index is 114. The molecule has 0 aromatic heterocycles. The number of ether oxygens (including phenoxy) is 1. The van der Waals surface area contributed by atoms with Gasteiger partial charge in [0.25, 0.3) is 0 Å². The Labute approximate surface area is 66.5 Å². The summed E-state index contributed by atoms with van der Waals surface area (Å²) < 4.78 is 4.88. The van der Waals surface area contributed by atoms with Gasteiger partial charge in [-0.3, -0.25) is 4.79 Å². The van der Waals surface area contributed by atoms with Crippen LogP contribution in [0, 0.1) is 5.92 Å². The van der Waals surface area contributed by atoms with Crippen molar-refractivity contribution in [3.63, 3.8) is 0 Å². The average molecular weight is 165 g/mol. The van der Waals surface area contributed by atoms with Crippen molar-refractivity contribution >= 4 is 17.6 Å². The molecule has 0 aliphatic carbocycles. The quantitative estimate of drug-likeness (QED) is 0.470. The highest BCUT2D eigenvalue weighted by atomic mass is 35.5. The van der Waals surface area contributed by atoms with Gasteiger partial charge in [-0.1, -0.05) is 6.92 Å². The monoisotopic (exact) mass is 164 g/mol. The number of esters is 1. The topological polar surface area (TPSA) is 26.3 Å². The molecule has 2 nitrogen and oxygen atoms in total. The lowest BCUT2D eigenvalue weighted by atomic mass is 10.1. The number of carbonyl (C=O) groups is 1. The van der Waals surface area contributed by atoms with Crippen molar-refractivity contribution in [1.29, 1.82) is 0 Å². The molecular formula is C7H13ClO2. The van der Waals surface area contributed by atoms with E-state index < -0.39 is 0 Å². The van der Waals surface area contributed by atoms with Crippen LogP contribution in [0.15, 0.2) is 0 Å². The Kier molecular flexibility index (Phi) is 4.45. The van der Waals surface area contributed by atoms with Crippen molar-refractivity contribution in [2.45, 2.75) is 26.9 Å². The highest BCUT2D eigenvalue weighted by molar-refractivity contribution is 6.18. The predicted octanol–water partition coefficient (Wildman–Crippen LogP) is 1.81. The summed E-state index contributed by atoms with van der Waals surface area (Å²) in [7, 11) is 0. The van der Waals surface area contributed by atoms with Crippen molar-refractivity contribution in [1.82, 2.24) is 0 Å². The Morgan fingerprint density at radius 2 is 2.10 bits per heavy atom. The fourth-order valence-electron chi connectivity index (χ4n) is 0.503. The average Bonchev–Trinajstić information content (AvgIpc) is 1.85. The number of hydrogen-bond donors (Lipinski definition) is 0. The standard InChI is InChI=1S/C7H13ClO2/c1-5(4-8)6(2)10-7(3)9/h5-6H,4H2,1-3H3/t5-,6?/m1/s1. The summed E-state index contributed by atoms with van der Waals surface area (Å²) in [5.41, 5.74) is 0. The van der Waals surface area contributed by atoms with Gasteiger partial charge in [0.1, 0.15) is 6.10 Å². The van der Waals surface area contributed by atoms with Crippen LogP contribution >= 0.6 is 11.6 Å². The largest absolute Gasteiger partial charge is 0.463 e. The molecule has 0 aliphatic rings. The smallest absolute Gasteiger partial charge is 0.302 e. The maximum Gasteiger partial charge on any atom is 0.302 e. The van der Waals surface area contributed by atoms with E-state index in [-0.39, 0.29) is 18.0 Å². The summed E-state index contributed by atoms with van der Waals surface area (Å²) >= 11 is 5.54. The van der Waals surface area contributed by atoms with Crippen LogP contribution < -0.4 is 0 Å². The molecule has 0 radical (unpaired) electrons. The molecule has 0 saturated carbocycles. The zero-order valence-corrected chi connectivity index (χ0v) is 7.31. The van der Waals surface area contributed by atoms with E-state index in [0.29, 0.717) is 5.88 Å². The summed E-state index contributed by atoms with van der Waals surface area (Å²) in [5, 5.41) is 0. The molecule has 0 aliphatic heterocycles. The van der Waals surface area contributed by atoms with Gasteiger partial charge in [-0.2, -0.15) is 0 Å². The normalized spacial score (nSPS) is 16.0. The third-order valence-corrected chi connectivity index (χ3v) is 1.88. The van der Waals surface area contributed by atoms with Crippen LogP contribution in [0.25, 0.3) is 0 Å². The molecule has 0 aromatic carbocycles. The summed E-state index contributed by atoms with van der Waals surface area (Å²) in [6.07, 6.45) is -0.0741. The van der Waals surface area contributed by atoms with E-state index in [1.807, 2.05) is 13.8 Å². The van der Waals surface area contributed by atoms with Gasteiger partial charge in [-0.25, -0.2) is 0 Å². The van der Waals surface area contributed by atoms with E-state index in [4.69, 9.17) is 16.3 Å². The second-order valence-corrected chi connectivity index (χ2v) is 2.75. The minimum Gasteiger partial charge on any atom is -0.463 e. The van der Waals surface area contributed by atoms with E-state index >= 15 is 0 Å². The number of rotatable bonds is 3. The van der Waals surface area contributed by atoms with Crippen molar-refractivity contribution in [2.75, 3.05) is 5.88 Å². The van der Waals surface area contributed by atoms with Crippen molar-refractivity contribution in [3.05, 3.63) is 0 Å². The van der Waals surface area contributed by atoms with Crippen molar-refractivity contribution in [3.8, 4) is 0 Å². The van der Waals surface area contributed by atoms with Gasteiger partial charge in [0, 0.05) is 18.7 Å². The van der Waals surface area contributed by atoms with Crippen LogP contribution in [0.4, 0.5) is 0 Å². The van der Waals surface area contributed by atoms with Crippen LogP contribution in [0.1, 0.15) is 20.8 Å². The number of alkyl halides is 1. The zero-order valence-electron chi connectivity index (χ0n) is 6.56. The van der Waals surface area contributed by atoms with Gasteiger partial charge in [-0.15, -0.1) is 11.6 Å². The molecule has 10 heavy (non-hydrogen) atoms. The van der Waals surface area contributed by atoms with E-state index in [9.17, 15) is 4.79 Å². The Balaban J connectivity index is 3.61. The molecule has 0 spiro atoms. The highest BCUT2D eigenvalue weighted by Gasteiger charge is 2.12. The Morgan fingerprint density at radius 3 is 2.40 bits per heavy atom. The van der Waals surface area contributed by atoms with Crippen LogP contribution in [-0.2, 0) is 9.53 Å². The third kappa shape index (κ3) is 3.72. The molecular weight excluding hydrogens is 152 g/mol. The maximum atomic E-state index is 10.4. The first-order valence-electron chi connectivity index (χ1n) is 3.31. The first kappa shape index (κ1) is 9.76. The summed E-state index contributed by atoms with van der Waals surface area (Å²) in [4.78, 5) is 10.4. The lowest BCUT2D eigenvalue weighted by Crippen LogP contribution is -2.21. The van der Waals surface area contributed by atoms with Crippen LogP contribution in [-0.4, -0.2) is 18.0 Å². The second kappa shape index (κ2) is 4.56. The Hall–Kier alpha value is -0.240. The molecule has 1 unspecified atom stereocenters. The van der Waals surface area contributed by atoms with Gasteiger partial charge in [0.05, 0.1) is 0 Å². The van der Waals surface area contributed by atoms with E-state index in [0.717, 1.165) is 0 Å². The molecule has 2 atom stereocenters. The molecule has 0 bridgehead atoms.